The number of rotatable bonds is 8. The van der Waals surface area contributed by atoms with Crippen LogP contribution in [-0.4, -0.2) is 39.9 Å². The van der Waals surface area contributed by atoms with Gasteiger partial charge in [0.1, 0.15) is 5.71 Å². The summed E-state index contributed by atoms with van der Waals surface area (Å²) >= 11 is 0. The van der Waals surface area contributed by atoms with Crippen molar-refractivity contribution >= 4 is 11.4 Å². The van der Waals surface area contributed by atoms with Crippen LogP contribution in [0.1, 0.15) is 55.7 Å². The predicted molar refractivity (Wildman–Crippen MR) is 120 cm³/mol. The van der Waals surface area contributed by atoms with Gasteiger partial charge in [0.05, 0.1) is 28.4 Å². The normalized spacial score (nSPS) is 15.5. The van der Waals surface area contributed by atoms with Gasteiger partial charge < -0.3 is 18.9 Å². The Bertz CT molecular complexity index is 966. The third-order valence-electron chi connectivity index (χ3n) is 5.44. The molecule has 6 heteroatoms. The molecule has 0 N–H and O–H groups in total. The summed E-state index contributed by atoms with van der Waals surface area (Å²) in [6.07, 6.45) is 2.84. The highest BCUT2D eigenvalue weighted by molar-refractivity contribution is 6.16. The molecule has 0 fully saturated rings. The van der Waals surface area contributed by atoms with Gasteiger partial charge in [0.25, 0.3) is 0 Å². The number of hydrogen-bond acceptors (Lipinski definition) is 6. The van der Waals surface area contributed by atoms with Crippen molar-refractivity contribution in [3.05, 3.63) is 47.0 Å². The number of methoxy groups -OCH3 is 4. The van der Waals surface area contributed by atoms with Gasteiger partial charge in [0.15, 0.2) is 23.0 Å². The molecule has 6 nitrogen and oxygen atoms in total. The molecule has 2 aromatic carbocycles. The maximum atomic E-state index is 5.60. The molecule has 0 amide bonds. The van der Waals surface area contributed by atoms with Gasteiger partial charge in [-0.1, -0.05) is 20.3 Å². The zero-order valence-electron chi connectivity index (χ0n) is 18.6. The van der Waals surface area contributed by atoms with Crippen LogP contribution in [-0.2, 0) is 0 Å². The Morgan fingerprint density at radius 1 is 0.767 bits per heavy atom. The van der Waals surface area contributed by atoms with Gasteiger partial charge in [-0.2, -0.15) is 5.10 Å². The Balaban J connectivity index is 2.27. The van der Waals surface area contributed by atoms with Crippen molar-refractivity contribution in [2.24, 2.45) is 10.2 Å². The fraction of sp³-hybridized carbons (Fsp3) is 0.417. The van der Waals surface area contributed by atoms with Crippen molar-refractivity contribution in [3.8, 4) is 23.0 Å². The summed E-state index contributed by atoms with van der Waals surface area (Å²) in [5.74, 6) is 2.86. The monoisotopic (exact) mass is 410 g/mol. The van der Waals surface area contributed by atoms with Crippen molar-refractivity contribution < 1.29 is 18.9 Å². The lowest BCUT2D eigenvalue weighted by Gasteiger charge is -2.21. The molecule has 0 radical (unpaired) electrons. The van der Waals surface area contributed by atoms with E-state index in [1.165, 1.54) is 0 Å². The van der Waals surface area contributed by atoms with Crippen LogP contribution in [0, 0.1) is 0 Å². The fourth-order valence-corrected chi connectivity index (χ4v) is 3.94. The van der Waals surface area contributed by atoms with E-state index in [4.69, 9.17) is 29.2 Å². The third kappa shape index (κ3) is 3.99. The summed E-state index contributed by atoms with van der Waals surface area (Å²) in [5.41, 5.74) is 4.90. The van der Waals surface area contributed by atoms with E-state index in [-0.39, 0.29) is 5.92 Å². The molecular weight excluding hydrogens is 380 g/mol. The molecular formula is C24H30N2O4. The summed E-state index contributed by atoms with van der Waals surface area (Å²) in [4.78, 5) is 0. The lowest BCUT2D eigenvalue weighted by Crippen LogP contribution is -2.14. The number of fused-ring (bicyclic) bond motifs is 1. The minimum Gasteiger partial charge on any atom is -0.493 e. The predicted octanol–water partition coefficient (Wildman–Crippen LogP) is 5.22. The van der Waals surface area contributed by atoms with Crippen LogP contribution in [0.2, 0.25) is 0 Å². The lowest BCUT2D eigenvalue weighted by atomic mass is 9.84. The van der Waals surface area contributed by atoms with Crippen LogP contribution in [0.3, 0.4) is 0 Å². The second kappa shape index (κ2) is 9.65. The molecule has 3 rings (SSSR count). The average Bonchev–Trinajstić information content (AvgIpc) is 2.93. The Kier molecular flexibility index (Phi) is 6.98. The highest BCUT2D eigenvalue weighted by atomic mass is 16.5. The molecule has 0 saturated heterocycles. The number of hydrogen-bond donors (Lipinski definition) is 0. The highest BCUT2D eigenvalue weighted by Gasteiger charge is 2.27. The number of benzene rings is 2. The zero-order valence-corrected chi connectivity index (χ0v) is 18.6. The van der Waals surface area contributed by atoms with Crippen LogP contribution < -0.4 is 18.9 Å². The molecule has 0 spiro atoms. The van der Waals surface area contributed by atoms with Crippen LogP contribution in [0.15, 0.2) is 40.5 Å². The van der Waals surface area contributed by atoms with Gasteiger partial charge in [0.2, 0.25) is 0 Å². The average molecular weight is 411 g/mol. The van der Waals surface area contributed by atoms with Crippen molar-refractivity contribution in [2.45, 2.75) is 39.0 Å². The summed E-state index contributed by atoms with van der Waals surface area (Å²) in [5, 5.41) is 9.40. The molecule has 0 saturated carbocycles. The molecule has 1 aliphatic heterocycles. The van der Waals surface area contributed by atoms with Gasteiger partial charge in [-0.15, -0.1) is 5.10 Å². The Morgan fingerprint density at radius 2 is 1.40 bits per heavy atom. The van der Waals surface area contributed by atoms with Gasteiger partial charge >= 0.3 is 0 Å². The topological polar surface area (TPSA) is 61.6 Å². The Morgan fingerprint density at radius 3 is 2.00 bits per heavy atom. The molecule has 1 heterocycles. The molecule has 1 atom stereocenters. The first-order valence-electron chi connectivity index (χ1n) is 10.2. The van der Waals surface area contributed by atoms with Gasteiger partial charge in [0, 0.05) is 22.8 Å². The summed E-state index contributed by atoms with van der Waals surface area (Å²) in [6.45, 7) is 4.34. The van der Waals surface area contributed by atoms with Gasteiger partial charge in [-0.05, 0) is 48.7 Å². The zero-order chi connectivity index (χ0) is 21.7. The first kappa shape index (κ1) is 21.7. The van der Waals surface area contributed by atoms with Crippen LogP contribution in [0.4, 0.5) is 0 Å². The fourth-order valence-electron chi connectivity index (χ4n) is 3.94. The Labute approximate surface area is 178 Å². The molecule has 160 valence electrons. The van der Waals surface area contributed by atoms with Crippen molar-refractivity contribution in [2.75, 3.05) is 28.4 Å². The van der Waals surface area contributed by atoms with E-state index < -0.39 is 0 Å². The maximum Gasteiger partial charge on any atom is 0.161 e. The minimum absolute atomic E-state index is 0.168. The van der Waals surface area contributed by atoms with Crippen molar-refractivity contribution in [1.29, 1.82) is 0 Å². The second-order valence-electron chi connectivity index (χ2n) is 7.11. The molecule has 2 aromatic rings. The molecule has 0 bridgehead atoms. The maximum absolute atomic E-state index is 5.60. The largest absolute Gasteiger partial charge is 0.493 e. The van der Waals surface area contributed by atoms with E-state index in [1.807, 2.05) is 24.3 Å². The van der Waals surface area contributed by atoms with Crippen molar-refractivity contribution in [1.82, 2.24) is 0 Å². The van der Waals surface area contributed by atoms with Gasteiger partial charge in [-0.25, -0.2) is 0 Å². The standard InChI is InChI=1S/C24H30N2O4/c1-7-9-19-16(8-2)17-13-22(29-5)23(30-6)14-18(17)24(26-25-19)15-10-11-20(27-3)21(12-15)28-4/h10-14,16H,7-9H2,1-6H3. The molecule has 1 unspecified atom stereocenters. The summed E-state index contributed by atoms with van der Waals surface area (Å²) < 4.78 is 22.1. The van der Waals surface area contributed by atoms with E-state index in [9.17, 15) is 0 Å². The highest BCUT2D eigenvalue weighted by Crippen LogP contribution is 2.39. The lowest BCUT2D eigenvalue weighted by molar-refractivity contribution is 0.354. The van der Waals surface area contributed by atoms with E-state index in [0.29, 0.717) is 23.0 Å². The minimum atomic E-state index is 0.168. The third-order valence-corrected chi connectivity index (χ3v) is 5.44. The van der Waals surface area contributed by atoms with E-state index in [0.717, 1.165) is 47.4 Å². The SMILES string of the molecule is CCCC1=NN=C(c2ccc(OC)c(OC)c2)c2cc(OC)c(OC)cc2C1CC. The van der Waals surface area contributed by atoms with E-state index >= 15 is 0 Å². The summed E-state index contributed by atoms with van der Waals surface area (Å²) in [7, 11) is 6.56. The smallest absolute Gasteiger partial charge is 0.161 e. The molecule has 0 aromatic heterocycles. The number of nitrogens with zero attached hydrogens (tertiary/aromatic N) is 2. The van der Waals surface area contributed by atoms with E-state index in [2.05, 4.69) is 19.9 Å². The van der Waals surface area contributed by atoms with Gasteiger partial charge in [-0.3, -0.25) is 0 Å². The van der Waals surface area contributed by atoms with E-state index in [1.54, 1.807) is 28.4 Å². The Hall–Kier alpha value is -3.02. The first-order chi connectivity index (χ1) is 14.6. The quantitative estimate of drug-likeness (QED) is 0.598. The van der Waals surface area contributed by atoms with Crippen LogP contribution >= 0.6 is 0 Å². The van der Waals surface area contributed by atoms with Crippen LogP contribution in [0.25, 0.3) is 0 Å². The second-order valence-corrected chi connectivity index (χ2v) is 7.11. The molecule has 1 aliphatic rings. The number of ether oxygens (including phenoxy) is 4. The van der Waals surface area contributed by atoms with Crippen LogP contribution in [0.5, 0.6) is 23.0 Å². The van der Waals surface area contributed by atoms with Crippen molar-refractivity contribution in [3.63, 3.8) is 0 Å². The molecule has 30 heavy (non-hydrogen) atoms. The first-order valence-corrected chi connectivity index (χ1v) is 10.2. The molecule has 0 aliphatic carbocycles. The summed E-state index contributed by atoms with van der Waals surface area (Å²) in [6, 6.07) is 9.85.